The summed E-state index contributed by atoms with van der Waals surface area (Å²) in [7, 11) is 1.27. The smallest absolute Gasteiger partial charge is 0.433 e. The lowest BCUT2D eigenvalue weighted by molar-refractivity contribution is -0.141. The zero-order valence-electron chi connectivity index (χ0n) is 20.6. The highest BCUT2D eigenvalue weighted by Gasteiger charge is 2.33. The molecule has 3 rings (SSSR count). The second-order valence-electron chi connectivity index (χ2n) is 8.12. The van der Waals surface area contributed by atoms with Gasteiger partial charge in [0, 0.05) is 31.0 Å². The molecule has 0 aliphatic carbocycles. The molecule has 1 amide bonds. The number of amides is 1. The summed E-state index contributed by atoms with van der Waals surface area (Å²) in [4.78, 5) is 32.2. The second-order valence-corrected chi connectivity index (χ2v) is 8.12. The van der Waals surface area contributed by atoms with E-state index in [2.05, 4.69) is 42.3 Å². The van der Waals surface area contributed by atoms with Gasteiger partial charge in [-0.3, -0.25) is 4.98 Å². The largest absolute Gasteiger partial charge is 0.453 e. The van der Waals surface area contributed by atoms with Gasteiger partial charge in [0.15, 0.2) is 5.84 Å². The van der Waals surface area contributed by atoms with Crippen molar-refractivity contribution in [1.29, 1.82) is 0 Å². The lowest BCUT2D eigenvalue weighted by Gasteiger charge is -2.31. The molecule has 39 heavy (non-hydrogen) atoms. The topological polar surface area (TPSA) is 116 Å². The molecule has 1 saturated heterocycles. The molecule has 2 aromatic rings. The monoisotopic (exact) mass is 558 g/mol. The summed E-state index contributed by atoms with van der Waals surface area (Å²) in [6.45, 7) is 3.82. The molecule has 1 fully saturated rings. The van der Waals surface area contributed by atoms with E-state index >= 15 is 0 Å². The quantitative estimate of drug-likeness (QED) is 0.323. The summed E-state index contributed by atoms with van der Waals surface area (Å²) < 4.78 is 83.0. The van der Waals surface area contributed by atoms with Crippen LogP contribution in [0.15, 0.2) is 51.5 Å². The van der Waals surface area contributed by atoms with Crippen LogP contribution in [0.4, 0.5) is 36.8 Å². The van der Waals surface area contributed by atoms with Crippen molar-refractivity contribution in [3.8, 4) is 0 Å². The van der Waals surface area contributed by atoms with Gasteiger partial charge >= 0.3 is 18.4 Å². The third kappa shape index (κ3) is 8.38. The number of nitrogens with one attached hydrogen (secondary N) is 2. The molecule has 0 saturated carbocycles. The third-order valence-corrected chi connectivity index (χ3v) is 5.45. The van der Waals surface area contributed by atoms with Crippen molar-refractivity contribution in [2.75, 3.05) is 32.2 Å². The van der Waals surface area contributed by atoms with Crippen LogP contribution >= 0.6 is 0 Å². The second kappa shape index (κ2) is 12.5. The Hall–Kier alpha value is -4.24. The average Bonchev–Trinajstić information content (AvgIpc) is 2.90. The highest BCUT2D eigenvalue weighted by molar-refractivity contribution is 6.06. The summed E-state index contributed by atoms with van der Waals surface area (Å²) in [6.07, 6.45) is -7.90. The van der Waals surface area contributed by atoms with Crippen molar-refractivity contribution < 1.29 is 35.9 Å². The Morgan fingerprint density at radius 2 is 1.82 bits per heavy atom. The lowest BCUT2D eigenvalue weighted by Crippen LogP contribution is -2.46. The molecule has 0 spiro atoms. The number of halogens is 6. The van der Waals surface area contributed by atoms with E-state index in [4.69, 9.17) is 4.74 Å². The number of carbonyl (C=O) groups is 1. The average molecular weight is 558 g/mol. The maximum Gasteiger partial charge on any atom is 0.433 e. The van der Waals surface area contributed by atoms with Gasteiger partial charge in [0.25, 0.3) is 0 Å². The van der Waals surface area contributed by atoms with Crippen molar-refractivity contribution in [2.24, 2.45) is 15.0 Å². The van der Waals surface area contributed by atoms with Crippen molar-refractivity contribution in [3.63, 3.8) is 0 Å². The molecule has 10 nitrogen and oxygen atoms in total. The van der Waals surface area contributed by atoms with Gasteiger partial charge in [-0.05, 0) is 43.8 Å². The first-order chi connectivity index (χ1) is 18.4. The van der Waals surface area contributed by atoms with Gasteiger partial charge in [0.05, 0.1) is 7.11 Å². The normalized spacial score (nSPS) is 15.6. The Bertz CT molecular complexity index is 1220. The number of hydrogen-bond donors (Lipinski definition) is 2. The van der Waals surface area contributed by atoms with E-state index in [9.17, 15) is 31.1 Å². The van der Waals surface area contributed by atoms with E-state index in [-0.39, 0.29) is 35.9 Å². The number of methoxy groups -OCH3 is 1. The Balaban J connectivity index is 1.84. The lowest BCUT2D eigenvalue weighted by atomic mass is 10.1. The molecule has 16 heteroatoms. The number of anilines is 1. The number of carbonyl (C=O) groups excluding carboxylic acids is 1. The van der Waals surface area contributed by atoms with Gasteiger partial charge in [0.1, 0.15) is 23.8 Å². The molecule has 0 aromatic carbocycles. The van der Waals surface area contributed by atoms with E-state index in [1.165, 1.54) is 24.1 Å². The summed E-state index contributed by atoms with van der Waals surface area (Å²) in [6, 6.07) is 5.07. The molecular formula is C23H24F6N8O2. The summed E-state index contributed by atoms with van der Waals surface area (Å²) in [5.41, 5.74) is -2.39. The molecule has 210 valence electrons. The van der Waals surface area contributed by atoms with Gasteiger partial charge < -0.3 is 20.3 Å². The van der Waals surface area contributed by atoms with Crippen molar-refractivity contribution in [3.05, 3.63) is 53.6 Å². The van der Waals surface area contributed by atoms with Gasteiger partial charge in [-0.1, -0.05) is 6.07 Å². The number of pyridine rings is 2. The molecule has 2 N–H and O–H groups in total. The Morgan fingerprint density at radius 1 is 1.13 bits per heavy atom. The molecule has 0 atom stereocenters. The van der Waals surface area contributed by atoms with Crippen LogP contribution in [0.3, 0.4) is 0 Å². The van der Waals surface area contributed by atoms with Crippen LogP contribution in [-0.2, 0) is 17.1 Å². The van der Waals surface area contributed by atoms with Gasteiger partial charge in [-0.2, -0.15) is 31.3 Å². The number of piperidine rings is 1. The predicted molar refractivity (Wildman–Crippen MR) is 131 cm³/mol. The SMILES string of the molecule is C=NC(=NC(=NCNc1ccnc(C(F)(F)F)c1)NC1CCN(C(=O)OC)CC1)c1cccc(C(F)(F)F)n1. The first-order valence-corrected chi connectivity index (χ1v) is 11.4. The van der Waals surface area contributed by atoms with Crippen LogP contribution in [0.5, 0.6) is 0 Å². The number of rotatable bonds is 5. The van der Waals surface area contributed by atoms with Crippen LogP contribution in [0.25, 0.3) is 0 Å². The minimum atomic E-state index is -4.70. The fourth-order valence-corrected chi connectivity index (χ4v) is 3.52. The Labute approximate surface area is 218 Å². The molecule has 3 heterocycles. The third-order valence-electron chi connectivity index (χ3n) is 5.45. The number of amidine groups is 1. The summed E-state index contributed by atoms with van der Waals surface area (Å²) in [5, 5.41) is 5.75. The van der Waals surface area contributed by atoms with E-state index in [0.717, 1.165) is 24.4 Å². The molecule has 0 bridgehead atoms. The van der Waals surface area contributed by atoms with Gasteiger partial charge in [0.2, 0.25) is 5.96 Å². The maximum atomic E-state index is 13.1. The van der Waals surface area contributed by atoms with E-state index in [1.807, 2.05) is 0 Å². The molecule has 2 aromatic heterocycles. The predicted octanol–water partition coefficient (Wildman–Crippen LogP) is 4.21. The number of aromatic nitrogens is 2. The number of hydrogen-bond acceptors (Lipinski definition) is 6. The zero-order valence-corrected chi connectivity index (χ0v) is 20.6. The highest BCUT2D eigenvalue weighted by atomic mass is 19.4. The van der Waals surface area contributed by atoms with Crippen LogP contribution in [0.1, 0.15) is 29.9 Å². The summed E-state index contributed by atoms with van der Waals surface area (Å²) >= 11 is 0. The first-order valence-electron chi connectivity index (χ1n) is 11.4. The van der Waals surface area contributed by atoms with E-state index < -0.39 is 29.8 Å². The zero-order chi connectivity index (χ0) is 28.6. The van der Waals surface area contributed by atoms with Crippen LogP contribution in [0, 0.1) is 0 Å². The van der Waals surface area contributed by atoms with E-state index in [0.29, 0.717) is 25.9 Å². The number of guanidine groups is 1. The first kappa shape index (κ1) is 29.3. The van der Waals surface area contributed by atoms with Crippen molar-refractivity contribution in [2.45, 2.75) is 31.2 Å². The molecule has 0 unspecified atom stereocenters. The molecular weight excluding hydrogens is 534 g/mol. The van der Waals surface area contributed by atoms with E-state index in [1.54, 1.807) is 0 Å². The standard InChI is InChI=1S/C23H24F6N8O2/c1-30-19(16-4-3-5-17(35-16)22(24,25)26)36-20(34-14-7-10-37(11-8-14)21(38)39-2)33-13-32-15-6-9-31-18(12-15)23(27,28)29/h3-6,9,12,14H,1,7-8,10-11,13H2,2H3,(H,31,32)(H,33,34). The number of ether oxygens (including phenoxy) is 1. The summed E-state index contributed by atoms with van der Waals surface area (Å²) in [5.74, 6) is -0.339. The fourth-order valence-electron chi connectivity index (χ4n) is 3.52. The Kier molecular flexibility index (Phi) is 9.42. The number of alkyl halides is 6. The molecule has 0 radical (unpaired) electrons. The van der Waals surface area contributed by atoms with Crippen LogP contribution in [0.2, 0.25) is 0 Å². The maximum absolute atomic E-state index is 13.1. The fraction of sp³-hybridized carbons (Fsp3) is 0.391. The van der Waals surface area contributed by atoms with Gasteiger partial charge in [-0.25, -0.2) is 19.8 Å². The van der Waals surface area contributed by atoms with Crippen molar-refractivity contribution in [1.82, 2.24) is 20.2 Å². The Morgan fingerprint density at radius 3 is 2.44 bits per heavy atom. The number of nitrogens with zero attached hydrogens (tertiary/aromatic N) is 6. The van der Waals surface area contributed by atoms with Crippen LogP contribution in [-0.4, -0.2) is 72.4 Å². The minimum absolute atomic E-state index is 0.0780. The number of likely N-dealkylation sites (tertiary alicyclic amines) is 1. The number of aliphatic imine (C=N–C) groups is 3. The van der Waals surface area contributed by atoms with Crippen LogP contribution < -0.4 is 10.6 Å². The molecule has 1 aliphatic heterocycles. The van der Waals surface area contributed by atoms with Gasteiger partial charge in [-0.15, -0.1) is 0 Å². The minimum Gasteiger partial charge on any atom is -0.453 e. The highest BCUT2D eigenvalue weighted by Crippen LogP contribution is 2.29. The molecule has 1 aliphatic rings. The van der Waals surface area contributed by atoms with Crippen molar-refractivity contribution >= 4 is 30.3 Å².